The van der Waals surface area contributed by atoms with Gasteiger partial charge in [-0.25, -0.2) is 0 Å². The third-order valence-corrected chi connectivity index (χ3v) is 10.0. The summed E-state index contributed by atoms with van der Waals surface area (Å²) in [5, 5.41) is 15.2. The summed E-state index contributed by atoms with van der Waals surface area (Å²) in [6.45, 7) is 0.610. The molecule has 0 radical (unpaired) electrons. The number of amides is 3. The molecule has 3 amide bonds. The quantitative estimate of drug-likeness (QED) is 0.375. The number of unbranched alkanes of at least 4 members (excludes halogenated alkanes) is 3. The molecule has 3 heterocycles. The van der Waals surface area contributed by atoms with E-state index >= 15 is 0 Å². The monoisotopic (exact) mass is 537 g/mol. The minimum atomic E-state index is -0.649. The Kier molecular flexibility index (Phi) is 7.95. The van der Waals surface area contributed by atoms with Crippen LogP contribution in [0.15, 0.2) is 54.6 Å². The highest BCUT2D eigenvalue weighted by molar-refractivity contribution is 8.02. The third-order valence-electron chi connectivity index (χ3n) is 8.06. The van der Waals surface area contributed by atoms with Crippen LogP contribution in [0.25, 0.3) is 0 Å². The van der Waals surface area contributed by atoms with E-state index in [0.29, 0.717) is 23.7 Å². The van der Waals surface area contributed by atoms with Crippen molar-refractivity contribution in [3.05, 3.63) is 54.6 Å². The SMILES string of the molecule is COc1ccc(NC(=O)C2N(CCCCCCO)C(=O)[C@@H]3[C@H](C(=O)Nc4ccccc4)[C@@H]4CCC23S4)cc1. The summed E-state index contributed by atoms with van der Waals surface area (Å²) in [7, 11) is 1.59. The lowest BCUT2D eigenvalue weighted by atomic mass is 9.70. The molecule has 3 N–H and O–H groups in total. The molecule has 38 heavy (non-hydrogen) atoms. The number of rotatable bonds is 11. The molecule has 2 aromatic carbocycles. The number of hydrogen-bond donors (Lipinski definition) is 3. The number of carbonyl (C=O) groups excluding carboxylic acids is 3. The average molecular weight is 538 g/mol. The molecule has 5 atom stereocenters. The summed E-state index contributed by atoms with van der Waals surface area (Å²) in [5.41, 5.74) is 1.35. The zero-order chi connectivity index (χ0) is 26.7. The molecule has 202 valence electrons. The van der Waals surface area contributed by atoms with Crippen LogP contribution < -0.4 is 15.4 Å². The van der Waals surface area contributed by atoms with E-state index < -0.39 is 22.6 Å². The van der Waals surface area contributed by atoms with Crippen LogP contribution in [0.5, 0.6) is 5.75 Å². The normalized spacial score (nSPS) is 27.3. The first-order valence-corrected chi connectivity index (χ1v) is 14.3. The van der Waals surface area contributed by atoms with E-state index in [0.717, 1.165) is 38.5 Å². The van der Waals surface area contributed by atoms with E-state index in [2.05, 4.69) is 10.6 Å². The van der Waals surface area contributed by atoms with Gasteiger partial charge < -0.3 is 25.4 Å². The van der Waals surface area contributed by atoms with Gasteiger partial charge in [-0.2, -0.15) is 0 Å². The molecule has 2 aromatic rings. The smallest absolute Gasteiger partial charge is 0.248 e. The second-order valence-corrected chi connectivity index (χ2v) is 11.9. The Morgan fingerprint density at radius 1 is 1.00 bits per heavy atom. The molecule has 1 spiro atoms. The van der Waals surface area contributed by atoms with E-state index in [1.165, 1.54) is 0 Å². The number of para-hydroxylation sites is 1. The minimum Gasteiger partial charge on any atom is -0.497 e. The van der Waals surface area contributed by atoms with Gasteiger partial charge in [-0.3, -0.25) is 14.4 Å². The Balaban J connectivity index is 1.40. The number of aliphatic hydroxyl groups excluding tert-OH is 1. The van der Waals surface area contributed by atoms with Gasteiger partial charge in [-0.05, 0) is 62.1 Å². The number of anilines is 2. The predicted octanol–water partition coefficient (Wildman–Crippen LogP) is 3.92. The Morgan fingerprint density at radius 2 is 1.68 bits per heavy atom. The van der Waals surface area contributed by atoms with E-state index in [-0.39, 0.29) is 29.6 Å². The van der Waals surface area contributed by atoms with Gasteiger partial charge in [0.25, 0.3) is 0 Å². The lowest BCUT2D eigenvalue weighted by molar-refractivity contribution is -0.138. The van der Waals surface area contributed by atoms with Crippen molar-refractivity contribution in [2.45, 2.75) is 54.6 Å². The van der Waals surface area contributed by atoms with Gasteiger partial charge in [-0.15, -0.1) is 11.8 Å². The van der Waals surface area contributed by atoms with Gasteiger partial charge in [0, 0.05) is 29.8 Å². The summed E-state index contributed by atoms with van der Waals surface area (Å²) >= 11 is 1.67. The third kappa shape index (κ3) is 4.89. The molecular weight excluding hydrogens is 502 g/mol. The van der Waals surface area contributed by atoms with Crippen LogP contribution in [0.1, 0.15) is 38.5 Å². The number of benzene rings is 2. The molecule has 2 unspecified atom stereocenters. The van der Waals surface area contributed by atoms with Crippen molar-refractivity contribution in [1.29, 1.82) is 0 Å². The molecule has 2 bridgehead atoms. The van der Waals surface area contributed by atoms with Crippen LogP contribution in [-0.4, -0.2) is 64.0 Å². The van der Waals surface area contributed by atoms with Gasteiger partial charge in [0.2, 0.25) is 17.7 Å². The van der Waals surface area contributed by atoms with Gasteiger partial charge >= 0.3 is 0 Å². The number of nitrogens with zero attached hydrogens (tertiary/aromatic N) is 1. The molecule has 3 fully saturated rings. The Bertz CT molecular complexity index is 1160. The zero-order valence-corrected chi connectivity index (χ0v) is 22.4. The second kappa shape index (κ2) is 11.4. The Labute approximate surface area is 227 Å². The highest BCUT2D eigenvalue weighted by atomic mass is 32.2. The van der Waals surface area contributed by atoms with Crippen molar-refractivity contribution in [3.63, 3.8) is 0 Å². The summed E-state index contributed by atoms with van der Waals surface area (Å²) in [6.07, 6.45) is 4.74. The summed E-state index contributed by atoms with van der Waals surface area (Å²) < 4.78 is 4.60. The van der Waals surface area contributed by atoms with Gasteiger partial charge in [-0.1, -0.05) is 31.0 Å². The van der Waals surface area contributed by atoms with Crippen molar-refractivity contribution in [1.82, 2.24) is 4.90 Å². The molecule has 9 heteroatoms. The molecule has 0 aromatic heterocycles. The van der Waals surface area contributed by atoms with Gasteiger partial charge in [0.05, 0.1) is 23.7 Å². The van der Waals surface area contributed by atoms with E-state index in [4.69, 9.17) is 9.84 Å². The first-order valence-electron chi connectivity index (χ1n) is 13.4. The molecule has 3 aliphatic heterocycles. The number of nitrogens with one attached hydrogen (secondary N) is 2. The van der Waals surface area contributed by atoms with Gasteiger partial charge in [0.1, 0.15) is 11.8 Å². The topological polar surface area (TPSA) is 108 Å². The fraction of sp³-hybridized carbons (Fsp3) is 0.483. The van der Waals surface area contributed by atoms with Crippen LogP contribution >= 0.6 is 11.8 Å². The van der Waals surface area contributed by atoms with E-state index in [1.807, 2.05) is 30.3 Å². The van der Waals surface area contributed by atoms with Crippen LogP contribution in [0.4, 0.5) is 11.4 Å². The molecule has 3 saturated heterocycles. The highest BCUT2D eigenvalue weighted by Gasteiger charge is 2.73. The molecule has 0 aliphatic carbocycles. The first kappa shape index (κ1) is 26.6. The maximum Gasteiger partial charge on any atom is 0.248 e. The fourth-order valence-corrected chi connectivity index (χ4v) is 8.59. The Hall–Kier alpha value is -3.04. The number of fused-ring (bicyclic) bond motifs is 1. The largest absolute Gasteiger partial charge is 0.497 e. The van der Waals surface area contributed by atoms with Crippen molar-refractivity contribution in [2.75, 3.05) is 30.9 Å². The summed E-state index contributed by atoms with van der Waals surface area (Å²) in [4.78, 5) is 43.1. The Morgan fingerprint density at radius 3 is 2.39 bits per heavy atom. The van der Waals surface area contributed by atoms with Crippen LogP contribution in [0.3, 0.4) is 0 Å². The molecule has 3 aliphatic rings. The number of ether oxygens (including phenoxy) is 1. The number of carbonyl (C=O) groups is 3. The van der Waals surface area contributed by atoms with E-state index in [1.54, 1.807) is 48.0 Å². The number of thioether (sulfide) groups is 1. The van der Waals surface area contributed by atoms with Gasteiger partial charge in [0.15, 0.2) is 0 Å². The van der Waals surface area contributed by atoms with Crippen molar-refractivity contribution in [3.8, 4) is 5.75 Å². The highest BCUT2D eigenvalue weighted by Crippen LogP contribution is 2.66. The minimum absolute atomic E-state index is 0.00986. The second-order valence-electron chi connectivity index (χ2n) is 10.3. The van der Waals surface area contributed by atoms with Crippen molar-refractivity contribution >= 4 is 40.9 Å². The lowest BCUT2D eigenvalue weighted by Crippen LogP contribution is -2.51. The average Bonchev–Trinajstić information content (AvgIpc) is 3.57. The van der Waals surface area contributed by atoms with Crippen molar-refractivity contribution < 1.29 is 24.2 Å². The lowest BCUT2D eigenvalue weighted by Gasteiger charge is -2.34. The van der Waals surface area contributed by atoms with Crippen LogP contribution in [-0.2, 0) is 14.4 Å². The maximum absolute atomic E-state index is 14.0. The fourth-order valence-electron chi connectivity index (χ4n) is 6.37. The molecular formula is C29H35N3O5S. The molecule has 0 saturated carbocycles. The number of methoxy groups -OCH3 is 1. The zero-order valence-electron chi connectivity index (χ0n) is 21.6. The van der Waals surface area contributed by atoms with Crippen LogP contribution in [0, 0.1) is 11.8 Å². The standard InChI is InChI=1S/C29H35N3O5S/c1-37-21-13-11-20(12-14-21)31-27(35)25-29-16-15-22(38-29)23(26(34)30-19-9-5-4-6-10-19)24(29)28(36)32(25)17-7-2-3-8-18-33/h4-6,9-14,22-25,33H,2-3,7-8,15-18H2,1H3,(H,30,34)(H,31,35)/t22-,23+,24-,25?,29?/m0/s1. The number of hydrogen-bond acceptors (Lipinski definition) is 6. The first-order chi connectivity index (χ1) is 18.5. The van der Waals surface area contributed by atoms with E-state index in [9.17, 15) is 14.4 Å². The molecule has 8 nitrogen and oxygen atoms in total. The summed E-state index contributed by atoms with van der Waals surface area (Å²) in [6, 6.07) is 15.8. The number of aliphatic hydroxyl groups is 1. The summed E-state index contributed by atoms with van der Waals surface area (Å²) in [5.74, 6) is -0.757. The van der Waals surface area contributed by atoms with Crippen molar-refractivity contribution in [2.24, 2.45) is 11.8 Å². The number of likely N-dealkylation sites (tertiary alicyclic amines) is 1. The molecule has 5 rings (SSSR count). The predicted molar refractivity (Wildman–Crippen MR) is 148 cm³/mol. The van der Waals surface area contributed by atoms with Crippen LogP contribution in [0.2, 0.25) is 0 Å². The maximum atomic E-state index is 14.0.